The number of nitrogens with zero attached hydrogens (tertiary/aromatic N) is 7. The van der Waals surface area contributed by atoms with Gasteiger partial charge in [0.15, 0.2) is 11.3 Å². The Kier molecular flexibility index (Phi) is 7.84. The van der Waals surface area contributed by atoms with Crippen molar-refractivity contribution in [2.24, 2.45) is 0 Å². The summed E-state index contributed by atoms with van der Waals surface area (Å²) in [7, 11) is 0. The molecule has 3 aromatic heterocycles. The molecule has 0 saturated heterocycles. The summed E-state index contributed by atoms with van der Waals surface area (Å²) in [6.45, 7) is 2.39. The zero-order valence-electron chi connectivity index (χ0n) is 23.1. The van der Waals surface area contributed by atoms with Gasteiger partial charge in [0.05, 0.1) is 0 Å². The lowest BCUT2D eigenvalue weighted by Gasteiger charge is -2.21. The molecule has 42 heavy (non-hydrogen) atoms. The first-order chi connectivity index (χ1) is 20.6. The van der Waals surface area contributed by atoms with E-state index < -0.39 is 6.16 Å². The third-order valence-corrected chi connectivity index (χ3v) is 7.28. The van der Waals surface area contributed by atoms with Crippen molar-refractivity contribution >= 4 is 23.3 Å². The number of hydrogen-bond acceptors (Lipinski definition) is 10. The maximum Gasteiger partial charge on any atom is 0.515 e. The minimum Gasteiger partial charge on any atom is -0.491 e. The summed E-state index contributed by atoms with van der Waals surface area (Å²) in [6, 6.07) is 15.9. The number of aromatic nitrogens is 8. The first-order valence-corrected chi connectivity index (χ1v) is 14.0. The van der Waals surface area contributed by atoms with Crippen molar-refractivity contribution in [1.29, 1.82) is 0 Å². The number of tetrazole rings is 1. The van der Waals surface area contributed by atoms with Gasteiger partial charge in [-0.05, 0) is 65.3 Å². The first-order valence-electron chi connectivity index (χ1n) is 14.0. The van der Waals surface area contributed by atoms with Crippen LogP contribution in [-0.4, -0.2) is 57.7 Å². The molecule has 214 valence electrons. The van der Waals surface area contributed by atoms with Crippen LogP contribution in [0.5, 0.6) is 11.8 Å². The number of H-pyrrole nitrogens is 1. The van der Waals surface area contributed by atoms with Crippen LogP contribution in [0.2, 0.25) is 0 Å². The number of allylic oxidation sites excluding steroid dienone is 1. The molecule has 1 fully saturated rings. The van der Waals surface area contributed by atoms with Gasteiger partial charge in [0.25, 0.3) is 11.8 Å². The molecule has 6 rings (SSSR count). The molecule has 0 amide bonds. The summed E-state index contributed by atoms with van der Waals surface area (Å²) in [5.74, 6) is 0.729. The third-order valence-electron chi connectivity index (χ3n) is 7.28. The van der Waals surface area contributed by atoms with E-state index in [1.165, 1.54) is 0 Å². The smallest absolute Gasteiger partial charge is 0.491 e. The Bertz CT molecular complexity index is 1710. The Balaban J connectivity index is 1.33. The van der Waals surface area contributed by atoms with Gasteiger partial charge >= 0.3 is 6.16 Å². The van der Waals surface area contributed by atoms with Gasteiger partial charge in [0.2, 0.25) is 0 Å². The second-order valence-electron chi connectivity index (χ2n) is 10.1. The molecule has 5 aromatic rings. The highest BCUT2D eigenvalue weighted by Crippen LogP contribution is 2.33. The standard InChI is InChI=1S/C30H30N8O4/c1-2-3-13-24-31-25-26(29(35-34-28(25)39)42-30(40)41-21-9-5-4-6-10-21)38(24)18-19-14-16-20(17-15-19)22-11-7-8-12-23(22)27-32-36-37-33-27/h3,7-8,11-17,21H,2,4-6,9-10,18H2,1H3,(H,34,39)(H,32,33,36,37)/b13-3+. The lowest BCUT2D eigenvalue weighted by atomic mass is 9.98. The van der Waals surface area contributed by atoms with Gasteiger partial charge in [-0.3, -0.25) is 0 Å². The summed E-state index contributed by atoms with van der Waals surface area (Å²) in [6.07, 6.45) is 8.39. The molecule has 1 aliphatic carbocycles. The van der Waals surface area contributed by atoms with Crippen molar-refractivity contribution in [3.63, 3.8) is 0 Å². The van der Waals surface area contributed by atoms with Crippen LogP contribution in [-0.2, 0) is 11.3 Å². The van der Waals surface area contributed by atoms with Crippen LogP contribution in [0.3, 0.4) is 0 Å². The van der Waals surface area contributed by atoms with Gasteiger partial charge in [-0.15, -0.1) is 15.3 Å². The molecular formula is C30H30N8O4. The minimum atomic E-state index is -0.841. The van der Waals surface area contributed by atoms with Crippen LogP contribution < -0.4 is 4.74 Å². The molecule has 0 spiro atoms. The maximum absolute atomic E-state index is 12.7. The van der Waals surface area contributed by atoms with Crippen molar-refractivity contribution in [3.8, 4) is 34.3 Å². The highest BCUT2D eigenvalue weighted by atomic mass is 16.7. The van der Waals surface area contributed by atoms with Crippen LogP contribution in [0.15, 0.2) is 54.6 Å². The zero-order chi connectivity index (χ0) is 28.9. The molecule has 12 nitrogen and oxygen atoms in total. The molecule has 3 heterocycles. The van der Waals surface area contributed by atoms with E-state index in [-0.39, 0.29) is 23.4 Å². The van der Waals surface area contributed by atoms with Gasteiger partial charge in [-0.1, -0.05) is 68.0 Å². The van der Waals surface area contributed by atoms with E-state index in [0.717, 1.165) is 60.8 Å². The highest BCUT2D eigenvalue weighted by Gasteiger charge is 2.24. The molecule has 1 saturated carbocycles. The Labute approximate surface area is 241 Å². The van der Waals surface area contributed by atoms with E-state index in [1.54, 1.807) is 0 Å². The number of nitrogens with one attached hydrogen (secondary N) is 1. The predicted molar refractivity (Wildman–Crippen MR) is 154 cm³/mol. The SMILES string of the molecule is CC/C=C/c1nc2c(O)nnc(OC(=O)OC3CCCCC3)c2n1Cc1ccc(-c2ccccc2-c2nnn[nH]2)cc1. The van der Waals surface area contributed by atoms with Gasteiger partial charge < -0.3 is 19.1 Å². The number of benzene rings is 2. The highest BCUT2D eigenvalue weighted by molar-refractivity contribution is 5.87. The number of imidazole rings is 1. The third kappa shape index (κ3) is 5.69. The van der Waals surface area contributed by atoms with Gasteiger partial charge in [-0.25, -0.2) is 14.9 Å². The Hall–Kier alpha value is -5.13. The number of carbonyl (C=O) groups excluding carboxylic acids is 1. The van der Waals surface area contributed by atoms with Gasteiger partial charge in [0.1, 0.15) is 17.4 Å². The van der Waals surface area contributed by atoms with Crippen molar-refractivity contribution in [2.45, 2.75) is 58.1 Å². The molecule has 0 unspecified atom stereocenters. The molecule has 12 heteroatoms. The zero-order valence-corrected chi connectivity index (χ0v) is 23.1. The number of fused-ring (bicyclic) bond motifs is 1. The summed E-state index contributed by atoms with van der Waals surface area (Å²) in [5.41, 5.74) is 4.35. The van der Waals surface area contributed by atoms with E-state index in [2.05, 4.69) is 35.8 Å². The molecular weight excluding hydrogens is 536 g/mol. The fourth-order valence-electron chi connectivity index (χ4n) is 5.22. The molecule has 0 aliphatic heterocycles. The topological polar surface area (TPSA) is 154 Å². The van der Waals surface area contributed by atoms with Gasteiger partial charge in [0, 0.05) is 12.1 Å². The quantitative estimate of drug-likeness (QED) is 0.224. The van der Waals surface area contributed by atoms with Crippen molar-refractivity contribution in [2.75, 3.05) is 0 Å². The van der Waals surface area contributed by atoms with E-state index in [1.807, 2.05) is 72.2 Å². The molecule has 0 bridgehead atoms. The minimum absolute atomic E-state index is 0.0709. The monoisotopic (exact) mass is 566 g/mol. The van der Waals surface area contributed by atoms with E-state index >= 15 is 0 Å². The number of hydrogen-bond donors (Lipinski definition) is 2. The second-order valence-corrected chi connectivity index (χ2v) is 10.1. The second kappa shape index (κ2) is 12.2. The molecule has 2 N–H and O–H groups in total. The summed E-state index contributed by atoms with van der Waals surface area (Å²) >= 11 is 0. The fourth-order valence-corrected chi connectivity index (χ4v) is 5.22. The summed E-state index contributed by atoms with van der Waals surface area (Å²) in [5, 5.41) is 32.6. The average molecular weight is 567 g/mol. The molecule has 0 atom stereocenters. The Morgan fingerprint density at radius 2 is 1.83 bits per heavy atom. The summed E-state index contributed by atoms with van der Waals surface area (Å²) < 4.78 is 13.0. The largest absolute Gasteiger partial charge is 0.515 e. The Morgan fingerprint density at radius 3 is 2.57 bits per heavy atom. The average Bonchev–Trinajstić information content (AvgIpc) is 3.68. The Morgan fingerprint density at radius 1 is 1.05 bits per heavy atom. The maximum atomic E-state index is 12.7. The number of aromatic amines is 1. The number of carbonyl (C=O) groups is 1. The molecule has 0 radical (unpaired) electrons. The van der Waals surface area contributed by atoms with Crippen LogP contribution in [0.25, 0.3) is 39.6 Å². The molecule has 1 aliphatic rings. The summed E-state index contributed by atoms with van der Waals surface area (Å²) in [4.78, 5) is 17.3. The van der Waals surface area contributed by atoms with E-state index in [9.17, 15) is 9.90 Å². The van der Waals surface area contributed by atoms with Crippen LogP contribution in [0, 0.1) is 0 Å². The lowest BCUT2D eigenvalue weighted by molar-refractivity contribution is 0.0407. The normalized spacial score (nSPS) is 14.0. The van der Waals surface area contributed by atoms with Crippen molar-refractivity contribution in [3.05, 3.63) is 66.0 Å². The van der Waals surface area contributed by atoms with E-state index in [0.29, 0.717) is 23.7 Å². The van der Waals surface area contributed by atoms with Crippen LogP contribution >= 0.6 is 0 Å². The van der Waals surface area contributed by atoms with Gasteiger partial charge in [-0.2, -0.15) is 0 Å². The fraction of sp³-hybridized carbons (Fsp3) is 0.300. The van der Waals surface area contributed by atoms with Crippen LogP contribution in [0.1, 0.15) is 56.8 Å². The number of aromatic hydroxyl groups is 1. The van der Waals surface area contributed by atoms with E-state index in [4.69, 9.17) is 9.47 Å². The molecule has 2 aromatic carbocycles. The predicted octanol–water partition coefficient (Wildman–Crippen LogP) is 5.70. The first kappa shape index (κ1) is 27.1. The van der Waals surface area contributed by atoms with Crippen molar-refractivity contribution < 1.29 is 19.4 Å². The van der Waals surface area contributed by atoms with Crippen molar-refractivity contribution in [1.82, 2.24) is 40.4 Å². The van der Waals surface area contributed by atoms with Crippen LogP contribution in [0.4, 0.5) is 4.79 Å². The lowest BCUT2D eigenvalue weighted by Crippen LogP contribution is -2.23. The number of rotatable bonds is 8. The number of ether oxygens (including phenoxy) is 2.